The molecule has 0 aromatic rings. The van der Waals surface area contributed by atoms with E-state index in [0.29, 0.717) is 17.4 Å². The van der Waals surface area contributed by atoms with Gasteiger partial charge in [-0.3, -0.25) is 9.36 Å². The van der Waals surface area contributed by atoms with Crippen LogP contribution < -0.4 is 10.2 Å². The Balaban J connectivity index is 4.36. The van der Waals surface area contributed by atoms with E-state index < -0.39 is 26.6 Å². The van der Waals surface area contributed by atoms with Gasteiger partial charge in [0.2, 0.25) is 5.91 Å². The number of aliphatic hydroxyl groups is 1. The summed E-state index contributed by atoms with van der Waals surface area (Å²) in [5, 5.41) is 13.8. The average Bonchev–Trinajstić information content (AvgIpc) is 3.24. The minimum absolute atomic E-state index is 0.0105. The van der Waals surface area contributed by atoms with Crippen LogP contribution in [0.2, 0.25) is 0 Å². The molecule has 3 atom stereocenters. The molecular weight excluding hydrogens is 804 g/mol. The quantitative estimate of drug-likeness (QED) is 0.0272. The molecule has 3 unspecified atom stereocenters. The van der Waals surface area contributed by atoms with Crippen LogP contribution >= 0.6 is 7.82 Å². The van der Waals surface area contributed by atoms with E-state index in [1.165, 1.54) is 173 Å². The summed E-state index contributed by atoms with van der Waals surface area (Å²) in [5.41, 5.74) is 0. The van der Waals surface area contributed by atoms with Gasteiger partial charge in [-0.1, -0.05) is 210 Å². The zero-order valence-electron chi connectivity index (χ0n) is 42.0. The molecule has 0 aliphatic carbocycles. The molecule has 0 aromatic carbocycles. The van der Waals surface area contributed by atoms with Crippen LogP contribution in [0.25, 0.3) is 0 Å². The molecule has 1 amide bonds. The van der Waals surface area contributed by atoms with E-state index in [1.807, 2.05) is 27.2 Å². The second kappa shape index (κ2) is 45.6. The van der Waals surface area contributed by atoms with Gasteiger partial charge in [0.05, 0.1) is 39.9 Å². The van der Waals surface area contributed by atoms with E-state index >= 15 is 0 Å². The third-order valence-electron chi connectivity index (χ3n) is 11.7. The Bertz CT molecular complexity index is 1170. The largest absolute Gasteiger partial charge is 0.756 e. The number of nitrogens with zero attached hydrogens (tertiary/aromatic N) is 1. The molecule has 0 aliphatic heterocycles. The summed E-state index contributed by atoms with van der Waals surface area (Å²) in [7, 11) is 1.23. The van der Waals surface area contributed by atoms with E-state index in [4.69, 9.17) is 9.05 Å². The first-order chi connectivity index (χ1) is 30.5. The number of hydrogen-bond acceptors (Lipinski definition) is 6. The van der Waals surface area contributed by atoms with Gasteiger partial charge in [0, 0.05) is 6.42 Å². The number of allylic oxidation sites excluding steroid dienone is 7. The fourth-order valence-corrected chi connectivity index (χ4v) is 8.26. The van der Waals surface area contributed by atoms with Gasteiger partial charge in [0.25, 0.3) is 7.82 Å². The number of aliphatic hydroxyl groups excluding tert-OH is 1. The lowest BCUT2D eigenvalue weighted by atomic mass is 10.0. The van der Waals surface area contributed by atoms with Crippen LogP contribution in [0.1, 0.15) is 239 Å². The van der Waals surface area contributed by atoms with Crippen molar-refractivity contribution in [1.82, 2.24) is 5.32 Å². The normalized spacial score (nSPS) is 14.5. The molecule has 0 spiro atoms. The summed E-state index contributed by atoms with van der Waals surface area (Å²) in [6.45, 7) is 4.62. The maximum absolute atomic E-state index is 12.9. The first-order valence-corrected chi connectivity index (χ1v) is 28.0. The molecule has 63 heavy (non-hydrogen) atoms. The minimum Gasteiger partial charge on any atom is -0.756 e. The maximum Gasteiger partial charge on any atom is 0.268 e. The van der Waals surface area contributed by atoms with Crippen LogP contribution in [0.15, 0.2) is 48.6 Å². The Hall–Kier alpha value is -1.54. The standard InChI is InChI=1S/C54H103N2O6P/c1-6-8-10-12-14-16-18-20-22-24-25-26-27-28-29-30-32-33-35-37-39-41-43-45-47-53(57)52(51-62-63(59,60)61-50-49-56(3,4)5)55-54(58)48-46-44-42-40-38-36-34-31-23-21-19-17-15-13-11-9-7-2/h21,23,30,32,37,39,45,47,52-53,57H,6-20,22,24-29,31,33-36,38,40-44,46,48-51H2,1-5H3,(H-,55,58,59,60)/b23-21-,32-30+,39-37+,47-45+. The molecule has 9 heteroatoms. The Morgan fingerprint density at radius 1 is 0.540 bits per heavy atom. The van der Waals surface area contributed by atoms with Gasteiger partial charge in [-0.05, 0) is 70.6 Å². The molecule has 0 rings (SSSR count). The molecule has 0 bridgehead atoms. The van der Waals surface area contributed by atoms with Crippen molar-refractivity contribution in [2.24, 2.45) is 0 Å². The van der Waals surface area contributed by atoms with Gasteiger partial charge in [0.15, 0.2) is 0 Å². The molecule has 370 valence electrons. The van der Waals surface area contributed by atoms with Crippen LogP contribution in [-0.4, -0.2) is 68.5 Å². The van der Waals surface area contributed by atoms with Gasteiger partial charge in [-0.15, -0.1) is 0 Å². The lowest BCUT2D eigenvalue weighted by molar-refractivity contribution is -0.870. The lowest BCUT2D eigenvalue weighted by Gasteiger charge is -2.29. The zero-order valence-corrected chi connectivity index (χ0v) is 42.9. The third kappa shape index (κ3) is 48.2. The second-order valence-electron chi connectivity index (χ2n) is 19.2. The Morgan fingerprint density at radius 3 is 1.29 bits per heavy atom. The highest BCUT2D eigenvalue weighted by Gasteiger charge is 2.23. The van der Waals surface area contributed by atoms with Crippen LogP contribution in [0, 0.1) is 0 Å². The van der Waals surface area contributed by atoms with Crippen molar-refractivity contribution in [2.45, 2.75) is 251 Å². The SMILES string of the molecule is CCCCCCCC/C=C\CCCCCCCCCC(=O)NC(COP(=O)([O-])OCC[N+](C)(C)C)C(O)/C=C/CC/C=C/CC/C=C/CCCCCCCCCCCCCCCC. The van der Waals surface area contributed by atoms with Gasteiger partial charge in [0.1, 0.15) is 13.2 Å². The summed E-state index contributed by atoms with van der Waals surface area (Å²) in [4.78, 5) is 25.4. The zero-order chi connectivity index (χ0) is 46.4. The fourth-order valence-electron chi connectivity index (χ4n) is 7.53. The van der Waals surface area contributed by atoms with Crippen LogP contribution in [0.3, 0.4) is 0 Å². The highest BCUT2D eigenvalue weighted by Crippen LogP contribution is 2.38. The van der Waals surface area contributed by atoms with Crippen molar-refractivity contribution < 1.29 is 32.9 Å². The van der Waals surface area contributed by atoms with E-state index in [2.05, 4.69) is 55.6 Å². The topological polar surface area (TPSA) is 108 Å². The first-order valence-electron chi connectivity index (χ1n) is 26.5. The molecule has 0 radical (unpaired) electrons. The van der Waals surface area contributed by atoms with E-state index in [-0.39, 0.29) is 12.5 Å². The average molecular weight is 907 g/mol. The molecule has 2 N–H and O–H groups in total. The number of carbonyl (C=O) groups is 1. The summed E-state index contributed by atoms with van der Waals surface area (Å²) in [6.07, 6.45) is 58.9. The number of quaternary nitrogens is 1. The minimum atomic E-state index is -4.61. The van der Waals surface area contributed by atoms with Crippen LogP contribution in [-0.2, 0) is 18.4 Å². The third-order valence-corrected chi connectivity index (χ3v) is 12.7. The Labute approximate surface area is 390 Å². The molecule has 0 heterocycles. The highest BCUT2D eigenvalue weighted by molar-refractivity contribution is 7.45. The molecule has 0 fully saturated rings. The number of amides is 1. The van der Waals surface area contributed by atoms with Crippen molar-refractivity contribution in [3.05, 3.63) is 48.6 Å². The Morgan fingerprint density at radius 2 is 0.889 bits per heavy atom. The number of hydrogen-bond donors (Lipinski definition) is 2. The molecule has 0 saturated heterocycles. The molecule has 0 saturated carbocycles. The maximum atomic E-state index is 12.9. The predicted molar refractivity (Wildman–Crippen MR) is 270 cm³/mol. The summed E-state index contributed by atoms with van der Waals surface area (Å²) in [5.74, 6) is -0.216. The van der Waals surface area contributed by atoms with Gasteiger partial charge >= 0.3 is 0 Å². The smallest absolute Gasteiger partial charge is 0.268 e. The van der Waals surface area contributed by atoms with Gasteiger partial charge in [-0.2, -0.15) is 0 Å². The van der Waals surface area contributed by atoms with Crippen LogP contribution in [0.4, 0.5) is 0 Å². The number of rotatable bonds is 48. The van der Waals surface area contributed by atoms with Gasteiger partial charge < -0.3 is 28.8 Å². The number of carbonyl (C=O) groups excluding carboxylic acids is 1. The van der Waals surface area contributed by atoms with Crippen molar-refractivity contribution in [3.8, 4) is 0 Å². The first kappa shape index (κ1) is 61.5. The molecular formula is C54H103N2O6P. The monoisotopic (exact) mass is 907 g/mol. The number of nitrogens with one attached hydrogen (secondary N) is 1. The predicted octanol–water partition coefficient (Wildman–Crippen LogP) is 15.0. The number of phosphoric ester groups is 1. The van der Waals surface area contributed by atoms with Crippen molar-refractivity contribution in [2.75, 3.05) is 40.9 Å². The van der Waals surface area contributed by atoms with Crippen molar-refractivity contribution in [3.63, 3.8) is 0 Å². The highest BCUT2D eigenvalue weighted by atomic mass is 31.2. The van der Waals surface area contributed by atoms with Crippen molar-refractivity contribution >= 4 is 13.7 Å². The second-order valence-corrected chi connectivity index (χ2v) is 20.6. The fraction of sp³-hybridized carbons (Fsp3) is 0.833. The van der Waals surface area contributed by atoms with E-state index in [1.54, 1.807) is 6.08 Å². The van der Waals surface area contributed by atoms with Crippen LogP contribution in [0.5, 0.6) is 0 Å². The Kier molecular flexibility index (Phi) is 44.5. The molecule has 0 aliphatic rings. The number of likely N-dealkylation sites (N-methyl/N-ethyl adjacent to an activating group) is 1. The van der Waals surface area contributed by atoms with E-state index in [0.717, 1.165) is 44.9 Å². The lowest BCUT2D eigenvalue weighted by Crippen LogP contribution is -2.45. The van der Waals surface area contributed by atoms with E-state index in [9.17, 15) is 19.4 Å². The summed E-state index contributed by atoms with van der Waals surface area (Å²) in [6, 6.07) is -0.912. The summed E-state index contributed by atoms with van der Waals surface area (Å²) >= 11 is 0. The number of unbranched alkanes of at least 4 members (excludes halogenated alkanes) is 29. The van der Waals surface area contributed by atoms with Gasteiger partial charge in [-0.25, -0.2) is 0 Å². The molecule has 8 nitrogen and oxygen atoms in total. The number of phosphoric acid groups is 1. The van der Waals surface area contributed by atoms with Crippen molar-refractivity contribution in [1.29, 1.82) is 0 Å². The molecule has 0 aromatic heterocycles. The summed E-state index contributed by atoms with van der Waals surface area (Å²) < 4.78 is 23.3.